The van der Waals surface area contributed by atoms with Crippen molar-refractivity contribution in [3.8, 4) is 0 Å². The number of thiazole rings is 1. The maximum absolute atomic E-state index is 5.79. The summed E-state index contributed by atoms with van der Waals surface area (Å²) in [5.41, 5.74) is 6.52. The number of hydrogen-bond donors (Lipinski definition) is 2. The highest BCUT2D eigenvalue weighted by molar-refractivity contribution is 7.09. The Labute approximate surface area is 111 Å². The van der Waals surface area contributed by atoms with Crippen LogP contribution in [-0.4, -0.2) is 11.0 Å². The topological polar surface area (TPSA) is 50.9 Å². The van der Waals surface area contributed by atoms with Gasteiger partial charge in [0.2, 0.25) is 0 Å². The Hall–Kier alpha value is -1.23. The van der Waals surface area contributed by atoms with Gasteiger partial charge in [-0.3, -0.25) is 16.3 Å². The van der Waals surface area contributed by atoms with Crippen LogP contribution in [0.5, 0.6) is 0 Å². The van der Waals surface area contributed by atoms with Gasteiger partial charge in [-0.1, -0.05) is 30.3 Å². The van der Waals surface area contributed by atoms with Gasteiger partial charge in [0, 0.05) is 29.0 Å². The van der Waals surface area contributed by atoms with Crippen molar-refractivity contribution in [1.29, 1.82) is 0 Å². The number of benzene rings is 1. The second-order valence-electron chi connectivity index (χ2n) is 4.91. The summed E-state index contributed by atoms with van der Waals surface area (Å²) in [7, 11) is 0. The fraction of sp³-hybridized carbons (Fsp3) is 0.357. The van der Waals surface area contributed by atoms with E-state index in [2.05, 4.69) is 40.7 Å². The molecule has 1 unspecified atom stereocenters. The maximum atomic E-state index is 5.79. The van der Waals surface area contributed by atoms with Crippen LogP contribution in [0.15, 0.2) is 42.0 Å². The highest BCUT2D eigenvalue weighted by Gasteiger charge is 2.50. The van der Waals surface area contributed by atoms with Gasteiger partial charge in [0.15, 0.2) is 0 Å². The van der Waals surface area contributed by atoms with E-state index in [0.717, 1.165) is 6.42 Å². The molecule has 0 amide bonds. The van der Waals surface area contributed by atoms with E-state index >= 15 is 0 Å². The summed E-state index contributed by atoms with van der Waals surface area (Å²) in [5, 5.41) is 0. The number of rotatable bonds is 5. The predicted molar refractivity (Wildman–Crippen MR) is 74.3 cm³/mol. The van der Waals surface area contributed by atoms with Crippen LogP contribution in [0.4, 0.5) is 0 Å². The van der Waals surface area contributed by atoms with Gasteiger partial charge in [0.1, 0.15) is 0 Å². The smallest absolute Gasteiger partial charge is 0.0794 e. The summed E-state index contributed by atoms with van der Waals surface area (Å²) in [6, 6.07) is 11.0. The van der Waals surface area contributed by atoms with E-state index in [1.165, 1.54) is 23.3 Å². The van der Waals surface area contributed by atoms with E-state index in [-0.39, 0.29) is 5.41 Å². The van der Waals surface area contributed by atoms with Crippen LogP contribution in [0, 0.1) is 0 Å². The molecule has 4 heteroatoms. The normalized spacial score (nSPS) is 18.5. The Morgan fingerprint density at radius 2 is 2.11 bits per heavy atom. The highest BCUT2D eigenvalue weighted by Crippen LogP contribution is 2.51. The second-order valence-corrected chi connectivity index (χ2v) is 5.88. The van der Waals surface area contributed by atoms with Gasteiger partial charge in [-0.15, -0.1) is 11.3 Å². The number of aromatic nitrogens is 1. The van der Waals surface area contributed by atoms with E-state index in [4.69, 9.17) is 5.84 Å². The summed E-state index contributed by atoms with van der Waals surface area (Å²) >= 11 is 1.70. The van der Waals surface area contributed by atoms with Crippen LogP contribution < -0.4 is 11.3 Å². The monoisotopic (exact) mass is 259 g/mol. The molecule has 0 spiro atoms. The fourth-order valence-electron chi connectivity index (χ4n) is 2.70. The second kappa shape index (κ2) is 4.80. The number of hydrazine groups is 1. The quantitative estimate of drug-likeness (QED) is 0.639. The van der Waals surface area contributed by atoms with Crippen LogP contribution in [0.2, 0.25) is 0 Å². The molecule has 1 atom stereocenters. The fourth-order valence-corrected chi connectivity index (χ4v) is 3.34. The number of nitrogens with two attached hydrogens (primary N) is 1. The third-order valence-electron chi connectivity index (χ3n) is 3.89. The Kier molecular flexibility index (Phi) is 3.16. The Morgan fingerprint density at radius 3 is 2.67 bits per heavy atom. The number of hydrogen-bond acceptors (Lipinski definition) is 4. The molecule has 0 bridgehead atoms. The lowest BCUT2D eigenvalue weighted by atomic mass is 9.86. The first kappa shape index (κ1) is 11.8. The van der Waals surface area contributed by atoms with Gasteiger partial charge in [-0.25, -0.2) is 0 Å². The first-order valence-corrected chi connectivity index (χ1v) is 7.12. The number of nitrogens with one attached hydrogen (secondary N) is 1. The summed E-state index contributed by atoms with van der Waals surface area (Å²) in [6.45, 7) is 0. The van der Waals surface area contributed by atoms with Crippen molar-refractivity contribution in [3.63, 3.8) is 0 Å². The predicted octanol–water partition coefficient (Wildman–Crippen LogP) is 2.25. The largest absolute Gasteiger partial charge is 0.271 e. The molecule has 0 radical (unpaired) electrons. The van der Waals surface area contributed by atoms with Gasteiger partial charge < -0.3 is 0 Å². The zero-order valence-electron chi connectivity index (χ0n) is 10.2. The molecule has 94 valence electrons. The first-order chi connectivity index (χ1) is 8.85. The minimum atomic E-state index is 0.222. The van der Waals surface area contributed by atoms with E-state index in [1.54, 1.807) is 11.3 Å². The molecular weight excluding hydrogens is 242 g/mol. The van der Waals surface area contributed by atoms with Crippen LogP contribution >= 0.6 is 11.3 Å². The molecule has 1 aliphatic carbocycles. The molecule has 0 saturated heterocycles. The molecule has 3 nitrogen and oxygen atoms in total. The third-order valence-corrected chi connectivity index (χ3v) is 4.70. The van der Waals surface area contributed by atoms with Gasteiger partial charge >= 0.3 is 0 Å². The summed E-state index contributed by atoms with van der Waals surface area (Å²) in [6.07, 6.45) is 5.32. The third kappa shape index (κ3) is 2.07. The van der Waals surface area contributed by atoms with E-state index in [1.807, 2.05) is 11.7 Å². The first-order valence-electron chi connectivity index (χ1n) is 6.24. The zero-order chi connectivity index (χ0) is 12.4. The Bertz CT molecular complexity index is 491. The molecule has 1 aromatic heterocycles. The SMILES string of the molecule is NNC(Cc1cncs1)C1(c2ccccc2)CC1. The summed E-state index contributed by atoms with van der Waals surface area (Å²) in [4.78, 5) is 5.43. The molecule has 2 aromatic rings. The Morgan fingerprint density at radius 1 is 1.33 bits per heavy atom. The van der Waals surface area contributed by atoms with Gasteiger partial charge in [0.05, 0.1) is 5.51 Å². The Balaban J connectivity index is 1.83. The molecule has 1 fully saturated rings. The van der Waals surface area contributed by atoms with Crippen molar-refractivity contribution in [3.05, 3.63) is 52.5 Å². The average Bonchev–Trinajstić information content (AvgIpc) is 3.07. The van der Waals surface area contributed by atoms with E-state index in [0.29, 0.717) is 6.04 Å². The van der Waals surface area contributed by atoms with Crippen LogP contribution in [0.3, 0.4) is 0 Å². The highest BCUT2D eigenvalue weighted by atomic mass is 32.1. The lowest BCUT2D eigenvalue weighted by molar-refractivity contribution is 0.422. The minimum absolute atomic E-state index is 0.222. The van der Waals surface area contributed by atoms with Crippen LogP contribution in [0.25, 0.3) is 0 Å². The van der Waals surface area contributed by atoms with Gasteiger partial charge in [-0.2, -0.15) is 0 Å². The van der Waals surface area contributed by atoms with Crippen molar-refractivity contribution < 1.29 is 0 Å². The summed E-state index contributed by atoms with van der Waals surface area (Å²) in [5.74, 6) is 5.79. The minimum Gasteiger partial charge on any atom is -0.271 e. The van der Waals surface area contributed by atoms with Crippen molar-refractivity contribution in [1.82, 2.24) is 10.4 Å². The lowest BCUT2D eigenvalue weighted by Crippen LogP contribution is -2.45. The molecule has 1 heterocycles. The van der Waals surface area contributed by atoms with Crippen molar-refractivity contribution >= 4 is 11.3 Å². The van der Waals surface area contributed by atoms with Gasteiger partial charge in [0.25, 0.3) is 0 Å². The van der Waals surface area contributed by atoms with Crippen molar-refractivity contribution in [2.75, 3.05) is 0 Å². The maximum Gasteiger partial charge on any atom is 0.0794 e. The van der Waals surface area contributed by atoms with Crippen molar-refractivity contribution in [2.45, 2.75) is 30.7 Å². The molecule has 0 aliphatic heterocycles. The molecule has 3 rings (SSSR count). The van der Waals surface area contributed by atoms with Crippen LogP contribution in [-0.2, 0) is 11.8 Å². The summed E-state index contributed by atoms with van der Waals surface area (Å²) < 4.78 is 0. The van der Waals surface area contributed by atoms with E-state index in [9.17, 15) is 0 Å². The van der Waals surface area contributed by atoms with E-state index < -0.39 is 0 Å². The molecule has 3 N–H and O–H groups in total. The molecule has 1 aromatic carbocycles. The standard InChI is InChI=1S/C14H17N3S/c15-17-13(8-12-9-16-10-18-12)14(6-7-14)11-4-2-1-3-5-11/h1-5,9-10,13,17H,6-8,15H2. The zero-order valence-corrected chi connectivity index (χ0v) is 11.0. The molecular formula is C14H17N3S. The van der Waals surface area contributed by atoms with Crippen molar-refractivity contribution in [2.24, 2.45) is 5.84 Å². The molecule has 18 heavy (non-hydrogen) atoms. The molecule has 1 saturated carbocycles. The average molecular weight is 259 g/mol. The molecule has 1 aliphatic rings. The lowest BCUT2D eigenvalue weighted by Gasteiger charge is -2.26. The van der Waals surface area contributed by atoms with Crippen LogP contribution in [0.1, 0.15) is 23.3 Å². The number of nitrogens with zero attached hydrogens (tertiary/aromatic N) is 1. The van der Waals surface area contributed by atoms with Gasteiger partial charge in [-0.05, 0) is 18.4 Å².